The Bertz CT molecular complexity index is 542. The Hall–Kier alpha value is -0.980. The summed E-state index contributed by atoms with van der Waals surface area (Å²) in [6.45, 7) is 1.92. The second-order valence-corrected chi connectivity index (χ2v) is 6.90. The lowest BCUT2D eigenvalue weighted by atomic mass is 10.2. The monoisotopic (exact) mass is 303 g/mol. The van der Waals surface area contributed by atoms with E-state index in [1.807, 2.05) is 6.07 Å². The van der Waals surface area contributed by atoms with E-state index < -0.39 is 10.0 Å². The highest BCUT2D eigenvalue weighted by atomic mass is 35.5. The minimum atomic E-state index is -3.30. The average Bonchev–Trinajstić information content (AvgIpc) is 2.81. The average molecular weight is 304 g/mol. The molecule has 0 aromatic heterocycles. The highest BCUT2D eigenvalue weighted by molar-refractivity contribution is 7.92. The summed E-state index contributed by atoms with van der Waals surface area (Å²) in [6.07, 6.45) is 3.49. The maximum atomic E-state index is 11.1. The zero-order chi connectivity index (χ0) is 13.9. The van der Waals surface area contributed by atoms with Crippen LogP contribution in [0.15, 0.2) is 18.2 Å². The molecule has 1 aromatic rings. The number of rotatable bonds is 5. The predicted molar refractivity (Wildman–Crippen MR) is 79.4 cm³/mol. The van der Waals surface area contributed by atoms with Gasteiger partial charge in [0.05, 0.1) is 17.0 Å². The van der Waals surface area contributed by atoms with Crippen LogP contribution in [0.2, 0.25) is 5.02 Å². The molecule has 1 fully saturated rings. The molecule has 19 heavy (non-hydrogen) atoms. The molecule has 7 heteroatoms. The summed E-state index contributed by atoms with van der Waals surface area (Å²) in [5, 5.41) is 7.07. The number of anilines is 2. The fraction of sp³-hybridized carbons (Fsp3) is 0.500. The number of sulfonamides is 1. The molecular formula is C12H18ClN3O2S. The molecule has 0 radical (unpaired) electrons. The van der Waals surface area contributed by atoms with Crippen LogP contribution in [0.25, 0.3) is 0 Å². The molecule has 1 aromatic carbocycles. The van der Waals surface area contributed by atoms with Gasteiger partial charge in [-0.25, -0.2) is 8.42 Å². The molecule has 1 saturated heterocycles. The summed E-state index contributed by atoms with van der Waals surface area (Å²) in [5.74, 6) is 0. The first-order valence-electron chi connectivity index (χ1n) is 6.19. The largest absolute Gasteiger partial charge is 0.383 e. The van der Waals surface area contributed by atoms with Crippen molar-refractivity contribution in [1.82, 2.24) is 5.32 Å². The van der Waals surface area contributed by atoms with Gasteiger partial charge in [0.1, 0.15) is 0 Å². The Morgan fingerprint density at radius 1 is 1.47 bits per heavy atom. The second kappa shape index (κ2) is 5.98. The Morgan fingerprint density at radius 2 is 2.26 bits per heavy atom. The maximum Gasteiger partial charge on any atom is 0.229 e. The highest BCUT2D eigenvalue weighted by Crippen LogP contribution is 2.26. The standard InChI is InChI=1S/C12H18ClN3O2S/c1-19(17,18)16-12-5-4-9(7-11(12)13)15-8-10-3-2-6-14-10/h4-5,7,10,14-16H,2-3,6,8H2,1H3. The minimum Gasteiger partial charge on any atom is -0.383 e. The van der Waals surface area contributed by atoms with Gasteiger partial charge in [-0.3, -0.25) is 4.72 Å². The van der Waals surface area contributed by atoms with Crippen molar-refractivity contribution in [3.63, 3.8) is 0 Å². The van der Waals surface area contributed by atoms with Crippen LogP contribution in [0, 0.1) is 0 Å². The molecule has 1 aliphatic rings. The first-order valence-corrected chi connectivity index (χ1v) is 8.45. The van der Waals surface area contributed by atoms with Crippen molar-refractivity contribution in [2.24, 2.45) is 0 Å². The van der Waals surface area contributed by atoms with Crippen LogP contribution in [0.1, 0.15) is 12.8 Å². The van der Waals surface area contributed by atoms with Gasteiger partial charge in [-0.2, -0.15) is 0 Å². The van der Waals surface area contributed by atoms with Crippen molar-refractivity contribution in [3.8, 4) is 0 Å². The number of halogens is 1. The lowest BCUT2D eigenvalue weighted by Crippen LogP contribution is -2.29. The summed E-state index contributed by atoms with van der Waals surface area (Å²) in [7, 11) is -3.30. The third-order valence-corrected chi connectivity index (χ3v) is 3.88. The van der Waals surface area contributed by atoms with E-state index in [1.165, 1.54) is 12.8 Å². The van der Waals surface area contributed by atoms with Crippen LogP contribution < -0.4 is 15.4 Å². The van der Waals surface area contributed by atoms with Crippen LogP contribution >= 0.6 is 11.6 Å². The quantitative estimate of drug-likeness (QED) is 0.777. The predicted octanol–water partition coefficient (Wildman–Crippen LogP) is 1.88. The van der Waals surface area contributed by atoms with Gasteiger partial charge in [-0.15, -0.1) is 0 Å². The van der Waals surface area contributed by atoms with Crippen LogP contribution in [0.4, 0.5) is 11.4 Å². The van der Waals surface area contributed by atoms with Crippen molar-refractivity contribution in [2.75, 3.05) is 29.4 Å². The maximum absolute atomic E-state index is 11.1. The molecule has 0 bridgehead atoms. The van der Waals surface area contributed by atoms with Crippen LogP contribution in [-0.2, 0) is 10.0 Å². The molecule has 0 amide bonds. The van der Waals surface area contributed by atoms with E-state index in [0.29, 0.717) is 16.8 Å². The Kier molecular flexibility index (Phi) is 4.54. The van der Waals surface area contributed by atoms with Crippen molar-refractivity contribution in [1.29, 1.82) is 0 Å². The molecular weight excluding hydrogens is 286 g/mol. The summed E-state index contributed by atoms with van der Waals surface area (Å²) >= 11 is 6.05. The van der Waals surface area contributed by atoms with Gasteiger partial charge in [-0.05, 0) is 37.6 Å². The van der Waals surface area contributed by atoms with Crippen molar-refractivity contribution in [2.45, 2.75) is 18.9 Å². The van der Waals surface area contributed by atoms with Gasteiger partial charge in [-0.1, -0.05) is 11.6 Å². The lowest BCUT2D eigenvalue weighted by Gasteiger charge is -2.14. The fourth-order valence-corrected chi connectivity index (χ4v) is 2.94. The molecule has 3 N–H and O–H groups in total. The van der Waals surface area contributed by atoms with Gasteiger partial charge in [0, 0.05) is 18.3 Å². The van der Waals surface area contributed by atoms with Gasteiger partial charge in [0.15, 0.2) is 0 Å². The zero-order valence-electron chi connectivity index (χ0n) is 10.7. The van der Waals surface area contributed by atoms with Gasteiger partial charge < -0.3 is 10.6 Å². The summed E-state index contributed by atoms with van der Waals surface area (Å²) in [6, 6.07) is 5.69. The molecule has 1 aliphatic heterocycles. The Labute approximate surface area is 118 Å². The molecule has 1 atom stereocenters. The summed E-state index contributed by atoms with van der Waals surface area (Å²) < 4.78 is 24.7. The first-order chi connectivity index (χ1) is 8.94. The lowest BCUT2D eigenvalue weighted by molar-refractivity contribution is 0.607. The van der Waals surface area contributed by atoms with Crippen LogP contribution in [0.5, 0.6) is 0 Å². The van der Waals surface area contributed by atoms with Gasteiger partial charge >= 0.3 is 0 Å². The highest BCUT2D eigenvalue weighted by Gasteiger charge is 2.13. The Morgan fingerprint density at radius 3 is 2.84 bits per heavy atom. The van der Waals surface area contributed by atoms with E-state index in [9.17, 15) is 8.42 Å². The second-order valence-electron chi connectivity index (χ2n) is 4.74. The van der Waals surface area contributed by atoms with E-state index in [1.54, 1.807) is 12.1 Å². The van der Waals surface area contributed by atoms with Crippen molar-refractivity contribution >= 4 is 33.0 Å². The molecule has 2 rings (SSSR count). The van der Waals surface area contributed by atoms with E-state index in [-0.39, 0.29) is 0 Å². The zero-order valence-corrected chi connectivity index (χ0v) is 12.3. The topological polar surface area (TPSA) is 70.2 Å². The van der Waals surface area contributed by atoms with Crippen molar-refractivity contribution < 1.29 is 8.42 Å². The number of hydrogen-bond acceptors (Lipinski definition) is 4. The van der Waals surface area contributed by atoms with Crippen LogP contribution in [-0.4, -0.2) is 33.8 Å². The summed E-state index contributed by atoms with van der Waals surface area (Å²) in [5.41, 5.74) is 1.28. The molecule has 1 unspecified atom stereocenters. The number of hydrogen-bond donors (Lipinski definition) is 3. The molecule has 0 saturated carbocycles. The van der Waals surface area contributed by atoms with Gasteiger partial charge in [0.2, 0.25) is 10.0 Å². The van der Waals surface area contributed by atoms with Gasteiger partial charge in [0.25, 0.3) is 0 Å². The van der Waals surface area contributed by atoms with Crippen molar-refractivity contribution in [3.05, 3.63) is 23.2 Å². The fourth-order valence-electron chi connectivity index (χ4n) is 2.08. The van der Waals surface area contributed by atoms with Crippen LogP contribution in [0.3, 0.4) is 0 Å². The molecule has 1 heterocycles. The molecule has 106 valence electrons. The number of nitrogens with one attached hydrogen (secondary N) is 3. The third-order valence-electron chi connectivity index (χ3n) is 2.98. The van der Waals surface area contributed by atoms with E-state index in [4.69, 9.17) is 11.6 Å². The van der Waals surface area contributed by atoms with E-state index >= 15 is 0 Å². The van der Waals surface area contributed by atoms with E-state index in [2.05, 4.69) is 15.4 Å². The normalized spacial score (nSPS) is 19.4. The number of benzene rings is 1. The first kappa shape index (κ1) is 14.4. The smallest absolute Gasteiger partial charge is 0.229 e. The summed E-state index contributed by atoms with van der Waals surface area (Å²) in [4.78, 5) is 0. The van der Waals surface area contributed by atoms with E-state index in [0.717, 1.165) is 25.0 Å². The SMILES string of the molecule is CS(=O)(=O)Nc1ccc(NCC2CCCN2)cc1Cl. The third kappa shape index (κ3) is 4.56. The Balaban J connectivity index is 1.97. The molecule has 0 spiro atoms. The molecule has 0 aliphatic carbocycles. The molecule has 5 nitrogen and oxygen atoms in total. The minimum absolute atomic E-state index is 0.384.